The van der Waals surface area contributed by atoms with E-state index in [-0.39, 0.29) is 12.5 Å². The van der Waals surface area contributed by atoms with Gasteiger partial charge in [0, 0.05) is 23.9 Å². The molecule has 0 spiro atoms. The van der Waals surface area contributed by atoms with Crippen LogP contribution in [0.1, 0.15) is 23.3 Å². The first kappa shape index (κ1) is 16.0. The molecule has 1 aromatic heterocycles. The Morgan fingerprint density at radius 3 is 2.62 bits per heavy atom. The second kappa shape index (κ2) is 8.17. The molecule has 112 valence electrons. The van der Waals surface area contributed by atoms with Crippen LogP contribution in [-0.4, -0.2) is 17.1 Å². The lowest BCUT2D eigenvalue weighted by Gasteiger charge is -2.17. The highest BCUT2D eigenvalue weighted by molar-refractivity contribution is 7.16. The number of hydrogen-bond acceptors (Lipinski definition) is 3. The molecule has 0 fully saturated rings. The summed E-state index contributed by atoms with van der Waals surface area (Å²) in [5, 5.41) is 12.3. The lowest BCUT2D eigenvalue weighted by molar-refractivity contribution is -0.137. The summed E-state index contributed by atoms with van der Waals surface area (Å²) in [5.74, 6) is -0.756. The van der Waals surface area contributed by atoms with Gasteiger partial charge in [-0.3, -0.25) is 4.79 Å². The van der Waals surface area contributed by atoms with Gasteiger partial charge in [0.15, 0.2) is 0 Å². The third kappa shape index (κ3) is 5.87. The van der Waals surface area contributed by atoms with Crippen molar-refractivity contribution in [3.05, 3.63) is 57.2 Å². The van der Waals surface area contributed by atoms with E-state index in [1.807, 2.05) is 30.3 Å². The van der Waals surface area contributed by atoms with Gasteiger partial charge in [-0.05, 0) is 30.5 Å². The Hall–Kier alpha value is -1.36. The number of halogens is 1. The van der Waals surface area contributed by atoms with E-state index in [0.29, 0.717) is 13.0 Å². The quantitative estimate of drug-likeness (QED) is 0.773. The van der Waals surface area contributed by atoms with Crippen LogP contribution in [0.15, 0.2) is 42.5 Å². The molecular formula is C16H18ClNO2S. The van der Waals surface area contributed by atoms with Crippen LogP contribution in [0.3, 0.4) is 0 Å². The Morgan fingerprint density at radius 2 is 2.00 bits per heavy atom. The Labute approximate surface area is 133 Å². The van der Waals surface area contributed by atoms with Gasteiger partial charge in [0.1, 0.15) is 0 Å². The van der Waals surface area contributed by atoms with Gasteiger partial charge < -0.3 is 10.4 Å². The lowest BCUT2D eigenvalue weighted by Crippen LogP contribution is -2.31. The Balaban J connectivity index is 1.92. The Kier molecular flexibility index (Phi) is 6.23. The maximum atomic E-state index is 10.8. The molecule has 0 radical (unpaired) electrons. The number of carbonyl (C=O) groups is 1. The van der Waals surface area contributed by atoms with Gasteiger partial charge in [0.2, 0.25) is 0 Å². The van der Waals surface area contributed by atoms with Crippen LogP contribution in [-0.2, 0) is 17.8 Å². The summed E-state index contributed by atoms with van der Waals surface area (Å²) in [6.07, 6.45) is 1.62. The number of thiophene rings is 1. The van der Waals surface area contributed by atoms with Gasteiger partial charge in [-0.25, -0.2) is 0 Å². The van der Waals surface area contributed by atoms with Crippen molar-refractivity contribution in [3.63, 3.8) is 0 Å². The normalized spacial score (nSPS) is 12.2. The number of aliphatic carboxylic acids is 1. The van der Waals surface area contributed by atoms with Gasteiger partial charge in [0.05, 0.1) is 4.34 Å². The first-order chi connectivity index (χ1) is 10.1. The number of nitrogens with one attached hydrogen (secondary N) is 1. The average Bonchev–Trinajstić information content (AvgIpc) is 2.88. The van der Waals surface area contributed by atoms with E-state index in [1.54, 1.807) is 11.3 Å². The van der Waals surface area contributed by atoms with Crippen molar-refractivity contribution >= 4 is 28.9 Å². The van der Waals surface area contributed by atoms with Crippen LogP contribution in [0, 0.1) is 0 Å². The molecule has 21 heavy (non-hydrogen) atoms. The molecule has 0 aliphatic heterocycles. The van der Waals surface area contributed by atoms with Crippen molar-refractivity contribution in [1.29, 1.82) is 0 Å². The fourth-order valence-electron chi connectivity index (χ4n) is 2.16. The monoisotopic (exact) mass is 323 g/mol. The van der Waals surface area contributed by atoms with E-state index in [0.717, 1.165) is 15.6 Å². The molecule has 1 heterocycles. The van der Waals surface area contributed by atoms with Crippen molar-refractivity contribution < 1.29 is 9.90 Å². The molecule has 3 nitrogen and oxygen atoms in total. The molecule has 2 N–H and O–H groups in total. The topological polar surface area (TPSA) is 49.3 Å². The van der Waals surface area contributed by atoms with Crippen LogP contribution >= 0.6 is 22.9 Å². The standard InChI is InChI=1S/C16H18ClNO2S/c17-15-8-7-14(21-15)11-18-13(6-9-16(19)20)10-12-4-2-1-3-5-12/h1-5,7-8,13,18H,6,9-11H2,(H,19,20). The summed E-state index contributed by atoms with van der Waals surface area (Å²) < 4.78 is 0.775. The van der Waals surface area contributed by atoms with E-state index < -0.39 is 5.97 Å². The number of rotatable bonds is 8. The highest BCUT2D eigenvalue weighted by atomic mass is 35.5. The molecule has 1 atom stereocenters. The molecule has 2 rings (SSSR count). The summed E-state index contributed by atoms with van der Waals surface area (Å²) in [6.45, 7) is 0.717. The minimum Gasteiger partial charge on any atom is -0.481 e. The number of benzene rings is 1. The highest BCUT2D eigenvalue weighted by Crippen LogP contribution is 2.21. The lowest BCUT2D eigenvalue weighted by atomic mass is 10.0. The first-order valence-corrected chi connectivity index (χ1v) is 8.06. The molecule has 2 aromatic rings. The van der Waals surface area contributed by atoms with Crippen molar-refractivity contribution in [2.75, 3.05) is 0 Å². The van der Waals surface area contributed by atoms with Crippen LogP contribution in [0.2, 0.25) is 4.34 Å². The van der Waals surface area contributed by atoms with Gasteiger partial charge in [-0.1, -0.05) is 41.9 Å². The summed E-state index contributed by atoms with van der Waals surface area (Å²) >= 11 is 7.47. The second-order valence-electron chi connectivity index (χ2n) is 4.91. The molecule has 0 saturated carbocycles. The second-order valence-corrected chi connectivity index (χ2v) is 6.71. The van der Waals surface area contributed by atoms with E-state index in [9.17, 15) is 4.79 Å². The highest BCUT2D eigenvalue weighted by Gasteiger charge is 2.12. The molecule has 1 aromatic carbocycles. The number of carboxylic acid groups (broad SMARTS) is 1. The zero-order valence-electron chi connectivity index (χ0n) is 11.6. The van der Waals surface area contributed by atoms with E-state index in [2.05, 4.69) is 17.4 Å². The van der Waals surface area contributed by atoms with Crippen LogP contribution in [0.25, 0.3) is 0 Å². The van der Waals surface area contributed by atoms with Gasteiger partial charge >= 0.3 is 5.97 Å². The summed E-state index contributed by atoms with van der Waals surface area (Å²) in [6, 6.07) is 14.1. The van der Waals surface area contributed by atoms with Crippen molar-refractivity contribution in [3.8, 4) is 0 Å². The van der Waals surface area contributed by atoms with Crippen molar-refractivity contribution in [1.82, 2.24) is 5.32 Å². The molecule has 1 unspecified atom stereocenters. The molecule has 0 saturated heterocycles. The average molecular weight is 324 g/mol. The van der Waals surface area contributed by atoms with Crippen LogP contribution < -0.4 is 5.32 Å². The molecule has 0 bridgehead atoms. The minimum absolute atomic E-state index is 0.143. The zero-order valence-corrected chi connectivity index (χ0v) is 13.2. The van der Waals surface area contributed by atoms with E-state index in [1.165, 1.54) is 5.56 Å². The number of hydrogen-bond donors (Lipinski definition) is 2. The maximum absolute atomic E-state index is 10.8. The summed E-state index contributed by atoms with van der Waals surface area (Å²) in [7, 11) is 0. The van der Waals surface area contributed by atoms with Crippen LogP contribution in [0.4, 0.5) is 0 Å². The molecular weight excluding hydrogens is 306 g/mol. The van der Waals surface area contributed by atoms with Crippen molar-refractivity contribution in [2.45, 2.75) is 31.8 Å². The molecule has 5 heteroatoms. The molecule has 0 aliphatic rings. The van der Waals surface area contributed by atoms with Crippen LogP contribution in [0.5, 0.6) is 0 Å². The van der Waals surface area contributed by atoms with Gasteiger partial charge in [0.25, 0.3) is 0 Å². The summed E-state index contributed by atoms with van der Waals surface area (Å²) in [5.41, 5.74) is 1.21. The fourth-order valence-corrected chi connectivity index (χ4v) is 3.20. The molecule has 0 aliphatic carbocycles. The molecule has 0 amide bonds. The predicted octanol–water partition coefficient (Wildman–Crippen LogP) is 3.97. The number of carboxylic acids is 1. The fraction of sp³-hybridized carbons (Fsp3) is 0.312. The summed E-state index contributed by atoms with van der Waals surface area (Å²) in [4.78, 5) is 12.0. The first-order valence-electron chi connectivity index (χ1n) is 6.87. The third-order valence-electron chi connectivity index (χ3n) is 3.23. The minimum atomic E-state index is -0.756. The third-order valence-corrected chi connectivity index (χ3v) is 4.46. The zero-order chi connectivity index (χ0) is 15.1. The smallest absolute Gasteiger partial charge is 0.303 e. The van der Waals surface area contributed by atoms with E-state index >= 15 is 0 Å². The predicted molar refractivity (Wildman–Crippen MR) is 87.0 cm³/mol. The SMILES string of the molecule is O=C(O)CCC(Cc1ccccc1)NCc1ccc(Cl)s1. The maximum Gasteiger partial charge on any atom is 0.303 e. The van der Waals surface area contributed by atoms with E-state index in [4.69, 9.17) is 16.7 Å². The Morgan fingerprint density at radius 1 is 1.24 bits per heavy atom. The largest absolute Gasteiger partial charge is 0.481 e. The van der Waals surface area contributed by atoms with Gasteiger partial charge in [-0.2, -0.15) is 0 Å². The van der Waals surface area contributed by atoms with Gasteiger partial charge in [-0.15, -0.1) is 11.3 Å². The Bertz CT molecular complexity index is 571. The van der Waals surface area contributed by atoms with Crippen molar-refractivity contribution in [2.24, 2.45) is 0 Å².